The normalized spacial score (nSPS) is 11.9. The van der Waals surface area contributed by atoms with E-state index >= 15 is 0 Å². The first-order chi connectivity index (χ1) is 12.0. The molecule has 0 spiro atoms. The summed E-state index contributed by atoms with van der Waals surface area (Å²) in [4.78, 5) is 11.0. The van der Waals surface area contributed by atoms with Gasteiger partial charge in [-0.1, -0.05) is 6.07 Å². The maximum Gasteiger partial charge on any atom is 0.419 e. The summed E-state index contributed by atoms with van der Waals surface area (Å²) in [6, 6.07) is 5.62. The third kappa shape index (κ3) is 3.96. The molecule has 5 nitrogen and oxygen atoms in total. The van der Waals surface area contributed by atoms with Crippen LogP contribution in [0.2, 0.25) is 0 Å². The van der Waals surface area contributed by atoms with Crippen molar-refractivity contribution in [3.05, 3.63) is 58.9 Å². The molecule has 2 aromatic carbocycles. The van der Waals surface area contributed by atoms with Crippen LogP contribution in [0.3, 0.4) is 0 Å². The van der Waals surface area contributed by atoms with Gasteiger partial charge in [-0.3, -0.25) is 9.52 Å². The summed E-state index contributed by atoms with van der Waals surface area (Å²) in [6.07, 6.45) is -5.04. The van der Waals surface area contributed by atoms with Gasteiger partial charge < -0.3 is 5.32 Å². The lowest BCUT2D eigenvalue weighted by molar-refractivity contribution is -0.140. The predicted octanol–water partition coefficient (Wildman–Crippen LogP) is 3.31. The third-order valence-corrected chi connectivity index (χ3v) is 4.97. The highest BCUT2D eigenvalue weighted by atomic mass is 32.2. The van der Waals surface area contributed by atoms with Gasteiger partial charge in [0.15, 0.2) is 0 Å². The largest absolute Gasteiger partial charge is 0.419 e. The Morgan fingerprint density at radius 2 is 1.77 bits per heavy atom. The molecular weight excluding hydrogens is 376 g/mol. The molecule has 0 bridgehead atoms. The molecule has 0 atom stereocenters. The quantitative estimate of drug-likeness (QED) is 0.787. The lowest BCUT2D eigenvalue weighted by Crippen LogP contribution is -2.20. The molecule has 2 rings (SSSR count). The molecule has 0 aliphatic heterocycles. The second-order valence-corrected chi connectivity index (χ2v) is 6.98. The molecule has 0 fully saturated rings. The first-order valence-corrected chi connectivity index (χ1v) is 8.67. The molecule has 0 unspecified atom stereocenters. The van der Waals surface area contributed by atoms with Crippen LogP contribution in [-0.4, -0.2) is 21.4 Å². The summed E-state index contributed by atoms with van der Waals surface area (Å²) >= 11 is 0. The van der Waals surface area contributed by atoms with Crippen LogP contribution in [0.15, 0.2) is 41.3 Å². The highest BCUT2D eigenvalue weighted by Gasteiger charge is 2.35. The van der Waals surface area contributed by atoms with E-state index in [9.17, 15) is 30.8 Å². The fourth-order valence-electron chi connectivity index (χ4n) is 2.22. The van der Waals surface area contributed by atoms with Crippen LogP contribution in [0.25, 0.3) is 0 Å². The minimum atomic E-state index is -5.04. The molecule has 140 valence electrons. The summed E-state index contributed by atoms with van der Waals surface area (Å²) < 4.78 is 78.6. The monoisotopic (exact) mass is 390 g/mol. The fourth-order valence-corrected chi connectivity index (χ4v) is 3.37. The van der Waals surface area contributed by atoms with E-state index < -0.39 is 38.4 Å². The molecule has 10 heteroatoms. The van der Waals surface area contributed by atoms with Crippen LogP contribution in [0, 0.1) is 12.7 Å². The fraction of sp³-hybridized carbons (Fsp3) is 0.188. The molecule has 0 aromatic heterocycles. The Bertz CT molecular complexity index is 956. The van der Waals surface area contributed by atoms with E-state index in [-0.39, 0.29) is 22.9 Å². The van der Waals surface area contributed by atoms with Crippen molar-refractivity contribution >= 4 is 21.6 Å². The Morgan fingerprint density at radius 1 is 1.12 bits per heavy atom. The van der Waals surface area contributed by atoms with Gasteiger partial charge in [-0.15, -0.1) is 0 Å². The average Bonchev–Trinajstić information content (AvgIpc) is 2.55. The number of rotatable bonds is 4. The Morgan fingerprint density at radius 3 is 2.35 bits per heavy atom. The highest BCUT2D eigenvalue weighted by Crippen LogP contribution is 2.33. The Hall–Kier alpha value is -2.62. The molecule has 1 amide bonds. The van der Waals surface area contributed by atoms with Crippen molar-refractivity contribution in [2.24, 2.45) is 0 Å². The second kappa shape index (κ2) is 6.94. The molecule has 0 aliphatic rings. The van der Waals surface area contributed by atoms with Crippen molar-refractivity contribution in [1.29, 1.82) is 0 Å². The number of carbonyl (C=O) groups excluding carboxylic acids is 1. The predicted molar refractivity (Wildman–Crippen MR) is 86.8 cm³/mol. The Labute approximate surface area is 147 Å². The molecule has 0 heterocycles. The Balaban J connectivity index is 2.47. The zero-order chi connectivity index (χ0) is 19.7. The van der Waals surface area contributed by atoms with E-state index in [1.807, 2.05) is 0 Å². The van der Waals surface area contributed by atoms with Crippen LogP contribution < -0.4 is 10.0 Å². The number of halogens is 4. The number of hydrogen-bond acceptors (Lipinski definition) is 3. The maximum absolute atomic E-state index is 13.3. The van der Waals surface area contributed by atoms with Gasteiger partial charge >= 0.3 is 6.18 Å². The van der Waals surface area contributed by atoms with Crippen LogP contribution >= 0.6 is 0 Å². The summed E-state index contributed by atoms with van der Waals surface area (Å²) in [7, 11) is -3.03. The maximum atomic E-state index is 13.3. The molecule has 0 saturated heterocycles. The molecule has 0 saturated carbocycles. The SMILES string of the molecule is CNC(=O)c1cccc(NS(=O)(=O)c2ccc(F)c(C(F)(F)F)c2)c1C. The minimum absolute atomic E-state index is 0.0176. The first-order valence-electron chi connectivity index (χ1n) is 7.18. The van der Waals surface area contributed by atoms with Crippen molar-refractivity contribution in [2.75, 3.05) is 11.8 Å². The molecule has 0 radical (unpaired) electrons. The summed E-state index contributed by atoms with van der Waals surface area (Å²) in [5, 5.41) is 2.39. The van der Waals surface area contributed by atoms with Gasteiger partial charge in [0.2, 0.25) is 0 Å². The van der Waals surface area contributed by atoms with Crippen LogP contribution in [-0.2, 0) is 16.2 Å². The number of sulfonamides is 1. The van der Waals surface area contributed by atoms with E-state index in [0.29, 0.717) is 6.07 Å². The van der Waals surface area contributed by atoms with E-state index in [2.05, 4.69) is 10.0 Å². The standard InChI is InChI=1S/C16H14F4N2O3S/c1-9-11(15(23)21-2)4-3-5-14(9)22-26(24,25)10-6-7-13(17)12(8-10)16(18,19)20/h3-8,22H,1-2H3,(H,21,23). The van der Waals surface area contributed by atoms with Crippen molar-refractivity contribution in [1.82, 2.24) is 5.32 Å². The number of benzene rings is 2. The van der Waals surface area contributed by atoms with E-state index in [1.165, 1.54) is 32.2 Å². The van der Waals surface area contributed by atoms with Gasteiger partial charge in [0.1, 0.15) is 5.82 Å². The van der Waals surface area contributed by atoms with E-state index in [0.717, 1.165) is 6.07 Å². The summed E-state index contributed by atoms with van der Waals surface area (Å²) in [5.41, 5.74) is -1.18. The number of amides is 1. The second-order valence-electron chi connectivity index (χ2n) is 5.30. The minimum Gasteiger partial charge on any atom is -0.355 e. The van der Waals surface area contributed by atoms with Crippen molar-refractivity contribution in [3.63, 3.8) is 0 Å². The van der Waals surface area contributed by atoms with Gasteiger partial charge in [0.25, 0.3) is 15.9 Å². The summed E-state index contributed by atoms with van der Waals surface area (Å²) in [5.74, 6) is -2.03. The molecular formula is C16H14F4N2O3S. The zero-order valence-electron chi connectivity index (χ0n) is 13.6. The molecule has 2 N–H and O–H groups in total. The number of hydrogen-bond donors (Lipinski definition) is 2. The number of alkyl halides is 3. The van der Waals surface area contributed by atoms with Crippen molar-refractivity contribution < 1.29 is 30.8 Å². The summed E-state index contributed by atoms with van der Waals surface area (Å²) in [6.45, 7) is 1.48. The van der Waals surface area contributed by atoms with Gasteiger partial charge in [0.05, 0.1) is 16.1 Å². The van der Waals surface area contributed by atoms with Crippen LogP contribution in [0.5, 0.6) is 0 Å². The number of anilines is 1. The Kier molecular flexibility index (Phi) is 5.26. The highest BCUT2D eigenvalue weighted by molar-refractivity contribution is 7.92. The van der Waals surface area contributed by atoms with Gasteiger partial charge in [-0.2, -0.15) is 13.2 Å². The number of carbonyl (C=O) groups is 1. The van der Waals surface area contributed by atoms with Gasteiger partial charge in [-0.25, -0.2) is 12.8 Å². The van der Waals surface area contributed by atoms with Crippen LogP contribution in [0.1, 0.15) is 21.5 Å². The van der Waals surface area contributed by atoms with E-state index in [4.69, 9.17) is 0 Å². The smallest absolute Gasteiger partial charge is 0.355 e. The lowest BCUT2D eigenvalue weighted by atomic mass is 10.1. The zero-order valence-corrected chi connectivity index (χ0v) is 14.4. The van der Waals surface area contributed by atoms with Crippen molar-refractivity contribution in [2.45, 2.75) is 18.0 Å². The lowest BCUT2D eigenvalue weighted by Gasteiger charge is -2.14. The molecule has 26 heavy (non-hydrogen) atoms. The van der Waals surface area contributed by atoms with Gasteiger partial charge in [0, 0.05) is 12.6 Å². The topological polar surface area (TPSA) is 75.3 Å². The molecule has 2 aromatic rings. The van der Waals surface area contributed by atoms with Crippen LogP contribution in [0.4, 0.5) is 23.2 Å². The third-order valence-electron chi connectivity index (χ3n) is 3.60. The molecule has 0 aliphatic carbocycles. The first kappa shape index (κ1) is 19.7. The van der Waals surface area contributed by atoms with E-state index in [1.54, 1.807) is 0 Å². The number of nitrogens with one attached hydrogen (secondary N) is 2. The van der Waals surface area contributed by atoms with Crippen molar-refractivity contribution in [3.8, 4) is 0 Å². The van der Waals surface area contributed by atoms with Gasteiger partial charge in [-0.05, 0) is 42.8 Å². The average molecular weight is 390 g/mol.